The molecule has 0 amide bonds. The Labute approximate surface area is 149 Å². The van der Waals surface area contributed by atoms with E-state index in [0.717, 1.165) is 45.1 Å². The molecule has 0 aromatic heterocycles. The zero-order chi connectivity index (χ0) is 17.0. The summed E-state index contributed by atoms with van der Waals surface area (Å²) in [6, 6.07) is 0. The van der Waals surface area contributed by atoms with E-state index in [9.17, 15) is 5.11 Å². The second kappa shape index (κ2) is 8.13. The fourth-order valence-electron chi connectivity index (χ4n) is 3.36. The Morgan fingerprint density at radius 2 is 1.91 bits per heavy atom. The topological polar surface area (TPSA) is 29.5 Å². The van der Waals surface area contributed by atoms with Crippen molar-refractivity contribution in [3.8, 4) is 0 Å². The van der Waals surface area contributed by atoms with Crippen LogP contribution in [0.25, 0.3) is 0 Å². The van der Waals surface area contributed by atoms with Gasteiger partial charge in [-0.2, -0.15) is 0 Å². The fraction of sp³-hybridized carbons (Fsp3) is 0.700. The van der Waals surface area contributed by atoms with E-state index in [1.54, 1.807) is 0 Å². The van der Waals surface area contributed by atoms with Crippen molar-refractivity contribution in [2.75, 3.05) is 6.61 Å². The van der Waals surface area contributed by atoms with Crippen LogP contribution in [0.2, 0.25) is 0 Å². The highest BCUT2D eigenvalue weighted by atomic mass is 79.9. The van der Waals surface area contributed by atoms with Crippen LogP contribution in [0.15, 0.2) is 34.4 Å². The molecule has 0 fully saturated rings. The maximum absolute atomic E-state index is 10.7. The molecule has 130 valence electrons. The van der Waals surface area contributed by atoms with Crippen molar-refractivity contribution in [1.82, 2.24) is 0 Å². The number of hydrogen-bond acceptors (Lipinski definition) is 2. The lowest BCUT2D eigenvalue weighted by Crippen LogP contribution is -2.35. The Hall–Kier alpha value is -0.380. The summed E-state index contributed by atoms with van der Waals surface area (Å²) in [6.45, 7) is 9.30. The molecule has 0 spiro atoms. The smallest absolute Gasteiger partial charge is 0.0977 e. The Balaban J connectivity index is 2.20. The van der Waals surface area contributed by atoms with E-state index in [2.05, 4.69) is 48.9 Å². The number of hydrogen-bond donors (Lipinski definition) is 1. The molecule has 1 N–H and O–H groups in total. The van der Waals surface area contributed by atoms with Gasteiger partial charge in [0, 0.05) is 4.83 Å². The normalized spacial score (nSPS) is 39.0. The predicted molar refractivity (Wildman–Crippen MR) is 101 cm³/mol. The molecule has 0 aromatic carbocycles. The van der Waals surface area contributed by atoms with Gasteiger partial charge in [-0.15, -0.1) is 0 Å². The first-order chi connectivity index (χ1) is 10.8. The summed E-state index contributed by atoms with van der Waals surface area (Å²) in [5, 5.41) is 10.7. The third-order valence-corrected chi connectivity index (χ3v) is 6.65. The van der Waals surface area contributed by atoms with Gasteiger partial charge in [0.2, 0.25) is 0 Å². The Morgan fingerprint density at radius 1 is 1.17 bits per heavy atom. The zero-order valence-electron chi connectivity index (χ0n) is 15.0. The van der Waals surface area contributed by atoms with E-state index < -0.39 is 5.60 Å². The third-order valence-electron chi connectivity index (χ3n) is 5.21. The van der Waals surface area contributed by atoms with Crippen LogP contribution in [0.3, 0.4) is 0 Å². The zero-order valence-corrected chi connectivity index (χ0v) is 16.6. The fourth-order valence-corrected chi connectivity index (χ4v) is 3.82. The van der Waals surface area contributed by atoms with Gasteiger partial charge >= 0.3 is 0 Å². The molecule has 1 heterocycles. The average Bonchev–Trinajstić information content (AvgIpc) is 2.82. The molecule has 2 rings (SSSR count). The Bertz CT molecular complexity index is 514. The summed E-state index contributed by atoms with van der Waals surface area (Å²) in [5.41, 5.74) is 4.98. The number of allylic oxidation sites excluding steroid dienone is 3. The van der Waals surface area contributed by atoms with Crippen LogP contribution in [-0.2, 0) is 4.74 Å². The number of aliphatic hydroxyl groups is 1. The molecule has 0 bridgehead atoms. The molecule has 3 atom stereocenters. The number of alkyl halides is 1. The third kappa shape index (κ3) is 5.30. The van der Waals surface area contributed by atoms with Gasteiger partial charge in [0.15, 0.2) is 0 Å². The van der Waals surface area contributed by atoms with Crippen LogP contribution < -0.4 is 0 Å². The summed E-state index contributed by atoms with van der Waals surface area (Å²) in [7, 11) is 0. The van der Waals surface area contributed by atoms with Crippen molar-refractivity contribution in [1.29, 1.82) is 0 Å². The molecule has 2 aliphatic rings. The molecule has 0 unspecified atom stereocenters. The van der Waals surface area contributed by atoms with Gasteiger partial charge in [-0.05, 0) is 77.4 Å². The second-order valence-electron chi connectivity index (χ2n) is 7.50. The number of ether oxygens (including phenoxy) is 1. The minimum atomic E-state index is -0.660. The minimum Gasteiger partial charge on any atom is -0.389 e. The number of halogens is 1. The summed E-state index contributed by atoms with van der Waals surface area (Å²) >= 11 is 3.70. The summed E-state index contributed by atoms with van der Waals surface area (Å²) in [6.07, 6.45) is 10.6. The first-order valence-corrected chi connectivity index (χ1v) is 9.70. The molecule has 0 saturated heterocycles. The average molecular weight is 383 g/mol. The van der Waals surface area contributed by atoms with Crippen LogP contribution in [0.5, 0.6) is 0 Å². The lowest BCUT2D eigenvalue weighted by atomic mass is 9.90. The highest BCUT2D eigenvalue weighted by molar-refractivity contribution is 9.09. The van der Waals surface area contributed by atoms with E-state index in [-0.39, 0.29) is 10.9 Å². The van der Waals surface area contributed by atoms with Gasteiger partial charge in [0.25, 0.3) is 0 Å². The number of rotatable bonds is 0. The second-order valence-corrected chi connectivity index (χ2v) is 8.61. The number of fused-ring (bicyclic) bond motifs is 1. The van der Waals surface area contributed by atoms with Crippen molar-refractivity contribution in [3.63, 3.8) is 0 Å². The summed E-state index contributed by atoms with van der Waals surface area (Å²) in [5.74, 6) is 0. The van der Waals surface area contributed by atoms with Crippen LogP contribution in [-0.4, -0.2) is 28.2 Å². The van der Waals surface area contributed by atoms with E-state index in [4.69, 9.17) is 4.74 Å². The lowest BCUT2D eigenvalue weighted by Gasteiger charge is -2.29. The van der Waals surface area contributed by atoms with Gasteiger partial charge in [0.1, 0.15) is 0 Å². The molecule has 0 aromatic rings. The first kappa shape index (κ1) is 19.0. The SMILES string of the molecule is CC1=C2CC/C(C)=C/CC[C@](C)(O)[C@H](Br)CC/C(C)=C/[C@@H]2OC1. The molecule has 0 saturated carbocycles. The van der Waals surface area contributed by atoms with E-state index in [1.165, 1.54) is 22.3 Å². The highest BCUT2D eigenvalue weighted by Gasteiger charge is 2.29. The monoisotopic (exact) mass is 382 g/mol. The molecule has 1 aliphatic carbocycles. The highest BCUT2D eigenvalue weighted by Crippen LogP contribution is 2.32. The molecular weight excluding hydrogens is 352 g/mol. The molecule has 23 heavy (non-hydrogen) atoms. The standard InChI is InChI=1S/C20H31BrO2/c1-14-6-5-11-20(4,22)19(21)10-8-15(2)12-18-17(9-7-14)16(3)13-23-18/h6,12,18-19,22H,5,7-11,13H2,1-4H3/b14-6+,15-12+/t18-,19+,20-/m0/s1. The van der Waals surface area contributed by atoms with Crippen molar-refractivity contribution in [2.45, 2.75) is 82.8 Å². The molecule has 3 heteroatoms. The largest absolute Gasteiger partial charge is 0.389 e. The van der Waals surface area contributed by atoms with E-state index in [0.29, 0.717) is 0 Å². The van der Waals surface area contributed by atoms with Crippen molar-refractivity contribution in [2.24, 2.45) is 0 Å². The van der Waals surface area contributed by atoms with Crippen molar-refractivity contribution >= 4 is 15.9 Å². The van der Waals surface area contributed by atoms with Gasteiger partial charge in [0.05, 0.1) is 18.3 Å². The van der Waals surface area contributed by atoms with Gasteiger partial charge in [-0.3, -0.25) is 0 Å². The van der Waals surface area contributed by atoms with Crippen LogP contribution in [0.1, 0.15) is 66.2 Å². The van der Waals surface area contributed by atoms with Crippen LogP contribution in [0, 0.1) is 0 Å². The quantitative estimate of drug-likeness (QED) is 0.444. The molecule has 0 radical (unpaired) electrons. The van der Waals surface area contributed by atoms with E-state index >= 15 is 0 Å². The van der Waals surface area contributed by atoms with Crippen LogP contribution in [0.4, 0.5) is 0 Å². The van der Waals surface area contributed by atoms with Crippen molar-refractivity contribution < 1.29 is 9.84 Å². The molecule has 2 nitrogen and oxygen atoms in total. The first-order valence-electron chi connectivity index (χ1n) is 8.79. The summed E-state index contributed by atoms with van der Waals surface area (Å²) in [4.78, 5) is 0.122. The van der Waals surface area contributed by atoms with Gasteiger partial charge in [-0.25, -0.2) is 0 Å². The Morgan fingerprint density at radius 3 is 2.65 bits per heavy atom. The van der Waals surface area contributed by atoms with Gasteiger partial charge < -0.3 is 9.84 Å². The predicted octanol–water partition coefficient (Wildman–Crippen LogP) is 5.46. The molecule has 1 aliphatic heterocycles. The van der Waals surface area contributed by atoms with Gasteiger partial charge in [-0.1, -0.05) is 39.2 Å². The molecular formula is C20H31BrO2. The van der Waals surface area contributed by atoms with E-state index in [1.807, 2.05) is 6.92 Å². The van der Waals surface area contributed by atoms with Crippen LogP contribution >= 0.6 is 15.9 Å². The maximum atomic E-state index is 10.7. The minimum absolute atomic E-state index is 0.122. The Kier molecular flexibility index (Phi) is 6.70. The lowest BCUT2D eigenvalue weighted by molar-refractivity contribution is 0.0492. The maximum Gasteiger partial charge on any atom is 0.0977 e. The van der Waals surface area contributed by atoms with Crippen molar-refractivity contribution in [3.05, 3.63) is 34.4 Å². The summed E-state index contributed by atoms with van der Waals surface area (Å²) < 4.78 is 5.97.